The molecular weight excluding hydrogens is 484 g/mol. The average Bonchev–Trinajstić information content (AvgIpc) is 3.50. The van der Waals surface area contributed by atoms with Crippen molar-refractivity contribution in [3.05, 3.63) is 29.3 Å². The number of fused-ring (bicyclic) bond motifs is 1. The normalized spacial score (nSPS) is 27.5. The molecule has 4 fully saturated rings. The van der Waals surface area contributed by atoms with E-state index in [4.69, 9.17) is 15.2 Å². The number of piperazine rings is 1. The number of ketones is 1. The van der Waals surface area contributed by atoms with Crippen molar-refractivity contribution < 1.29 is 23.9 Å². The number of hydrogen-bond donors (Lipinski definition) is 1. The highest BCUT2D eigenvalue weighted by Crippen LogP contribution is 2.42. The second-order valence-electron chi connectivity index (χ2n) is 11.3. The van der Waals surface area contributed by atoms with E-state index in [0.29, 0.717) is 17.7 Å². The van der Waals surface area contributed by atoms with Crippen LogP contribution in [-0.4, -0.2) is 98.6 Å². The average molecular weight is 527 g/mol. The molecule has 1 aromatic carbocycles. The number of rotatable bonds is 8. The van der Waals surface area contributed by atoms with Gasteiger partial charge in [0.2, 0.25) is 11.8 Å². The van der Waals surface area contributed by atoms with Gasteiger partial charge in [-0.2, -0.15) is 0 Å². The van der Waals surface area contributed by atoms with Crippen LogP contribution in [0.3, 0.4) is 0 Å². The van der Waals surface area contributed by atoms with Crippen molar-refractivity contribution in [3.8, 4) is 0 Å². The number of anilines is 1. The molecule has 1 aromatic rings. The third kappa shape index (κ3) is 5.20. The van der Waals surface area contributed by atoms with Crippen LogP contribution >= 0.6 is 0 Å². The van der Waals surface area contributed by atoms with Crippen LogP contribution in [0.25, 0.3) is 0 Å². The van der Waals surface area contributed by atoms with Crippen LogP contribution in [0.2, 0.25) is 0 Å². The summed E-state index contributed by atoms with van der Waals surface area (Å²) in [6.07, 6.45) is 5.42. The van der Waals surface area contributed by atoms with Crippen molar-refractivity contribution in [1.29, 1.82) is 0 Å². The summed E-state index contributed by atoms with van der Waals surface area (Å²) < 4.78 is 11.4. The molecule has 208 valence electrons. The van der Waals surface area contributed by atoms with E-state index in [2.05, 4.69) is 16.7 Å². The highest BCUT2D eigenvalue weighted by molar-refractivity contribution is 5.99. The maximum Gasteiger partial charge on any atom is 0.249 e. The quantitative estimate of drug-likeness (QED) is 0.554. The number of likely N-dealkylation sites (tertiary alicyclic amines) is 1. The number of Topliss-reactive ketones (excluding diaryl/α,β-unsaturated/α-hetero) is 1. The molecule has 4 atom stereocenters. The lowest BCUT2D eigenvalue weighted by Crippen LogP contribution is -2.47. The minimum absolute atomic E-state index is 0.000894. The molecule has 3 heterocycles. The van der Waals surface area contributed by atoms with Gasteiger partial charge in [0.05, 0.1) is 12.5 Å². The summed E-state index contributed by atoms with van der Waals surface area (Å²) in [6.45, 7) is 7.38. The first-order chi connectivity index (χ1) is 18.4. The van der Waals surface area contributed by atoms with Crippen LogP contribution in [0, 0.1) is 5.92 Å². The van der Waals surface area contributed by atoms with Gasteiger partial charge >= 0.3 is 0 Å². The molecule has 0 unspecified atom stereocenters. The van der Waals surface area contributed by atoms with Gasteiger partial charge in [0.25, 0.3) is 0 Å². The second-order valence-corrected chi connectivity index (χ2v) is 11.3. The van der Waals surface area contributed by atoms with Gasteiger partial charge in [-0.05, 0) is 55.5 Å². The van der Waals surface area contributed by atoms with E-state index in [0.717, 1.165) is 76.9 Å². The van der Waals surface area contributed by atoms with E-state index < -0.39 is 24.0 Å². The number of carbonyl (C=O) groups is 3. The number of amides is 2. The molecule has 0 bridgehead atoms. The van der Waals surface area contributed by atoms with Crippen molar-refractivity contribution in [1.82, 2.24) is 9.80 Å². The summed E-state index contributed by atoms with van der Waals surface area (Å²) in [5.41, 5.74) is 8.01. The fourth-order valence-corrected chi connectivity index (χ4v) is 7.06. The molecule has 0 spiro atoms. The van der Waals surface area contributed by atoms with E-state index in [1.54, 1.807) is 18.1 Å². The largest absolute Gasteiger partial charge is 0.377 e. The minimum atomic E-state index is -0.634. The Morgan fingerprint density at radius 1 is 1.13 bits per heavy atom. The number of primary amides is 1. The Labute approximate surface area is 225 Å². The Hall–Kier alpha value is -2.49. The van der Waals surface area contributed by atoms with E-state index in [1.807, 2.05) is 12.1 Å². The predicted octanol–water partition coefficient (Wildman–Crippen LogP) is 2.18. The summed E-state index contributed by atoms with van der Waals surface area (Å²) >= 11 is 0. The van der Waals surface area contributed by atoms with Crippen molar-refractivity contribution in [2.24, 2.45) is 11.7 Å². The zero-order chi connectivity index (χ0) is 26.8. The van der Waals surface area contributed by atoms with Crippen LogP contribution < -0.4 is 10.6 Å². The Balaban J connectivity index is 1.50. The molecule has 9 nitrogen and oxygen atoms in total. The molecule has 3 saturated heterocycles. The first-order valence-corrected chi connectivity index (χ1v) is 14.3. The smallest absolute Gasteiger partial charge is 0.249 e. The van der Waals surface area contributed by atoms with Gasteiger partial charge in [-0.15, -0.1) is 0 Å². The lowest BCUT2D eigenvalue weighted by molar-refractivity contribution is -0.139. The van der Waals surface area contributed by atoms with Crippen LogP contribution in [0.1, 0.15) is 67.3 Å². The molecule has 0 radical (unpaired) electrons. The van der Waals surface area contributed by atoms with E-state index in [1.165, 1.54) is 0 Å². The number of methoxy groups -OCH3 is 1. The topological polar surface area (TPSA) is 105 Å². The second kappa shape index (κ2) is 11.7. The number of ether oxygens (including phenoxy) is 2. The van der Waals surface area contributed by atoms with Gasteiger partial charge in [0.15, 0.2) is 5.78 Å². The number of hydrogen-bond acceptors (Lipinski definition) is 7. The van der Waals surface area contributed by atoms with E-state index >= 15 is 0 Å². The lowest BCUT2D eigenvalue weighted by atomic mass is 9.74. The van der Waals surface area contributed by atoms with Crippen LogP contribution in [0.15, 0.2) is 18.2 Å². The van der Waals surface area contributed by atoms with Gasteiger partial charge in [0.1, 0.15) is 24.9 Å². The number of nitrogens with zero attached hydrogens (tertiary/aromatic N) is 3. The molecule has 2 amide bonds. The Morgan fingerprint density at radius 3 is 2.53 bits per heavy atom. The van der Waals surface area contributed by atoms with Gasteiger partial charge in [-0.1, -0.05) is 26.2 Å². The zero-order valence-corrected chi connectivity index (χ0v) is 22.8. The highest BCUT2D eigenvalue weighted by atomic mass is 16.5. The van der Waals surface area contributed by atoms with Crippen molar-refractivity contribution in [3.63, 3.8) is 0 Å². The van der Waals surface area contributed by atoms with Crippen molar-refractivity contribution >= 4 is 23.3 Å². The van der Waals surface area contributed by atoms with Gasteiger partial charge in [-0.3, -0.25) is 19.3 Å². The maximum atomic E-state index is 14.5. The number of benzene rings is 1. The summed E-state index contributed by atoms with van der Waals surface area (Å²) in [7, 11) is 1.59. The van der Waals surface area contributed by atoms with E-state index in [9.17, 15) is 14.4 Å². The third-order valence-electron chi connectivity index (χ3n) is 9.02. The van der Waals surface area contributed by atoms with Gasteiger partial charge < -0.3 is 25.0 Å². The molecule has 4 aliphatic rings. The standard InChI is InChI=1S/C29H42N4O5/c1-3-11-31-12-14-32(15-13-31)20-9-10-21(28(30)35)22(16-20)25(19-7-5-4-6-8-19)29(36)33-17-24(37-2)27-26(33)23(34)18-38-27/h9-10,16,19,24-27H,3-8,11-15,17-18H2,1-2H3,(H2,30,35)/t24-,25+,26-,27-/m1/s1. The molecule has 3 aliphatic heterocycles. The molecule has 1 aliphatic carbocycles. The molecule has 2 N–H and O–H groups in total. The van der Waals surface area contributed by atoms with Crippen molar-refractivity contribution in [2.45, 2.75) is 69.6 Å². The fourth-order valence-electron chi connectivity index (χ4n) is 7.06. The van der Waals surface area contributed by atoms with Crippen LogP contribution in [0.5, 0.6) is 0 Å². The molecule has 38 heavy (non-hydrogen) atoms. The van der Waals surface area contributed by atoms with Gasteiger partial charge in [0, 0.05) is 44.5 Å². The Kier molecular flexibility index (Phi) is 8.35. The number of carbonyl (C=O) groups excluding carboxylic acids is 3. The predicted molar refractivity (Wildman–Crippen MR) is 144 cm³/mol. The Bertz CT molecular complexity index is 1030. The molecule has 0 aromatic heterocycles. The lowest BCUT2D eigenvalue weighted by Gasteiger charge is -2.37. The van der Waals surface area contributed by atoms with Crippen molar-refractivity contribution in [2.75, 3.05) is 57.9 Å². The molecule has 5 rings (SSSR count). The summed E-state index contributed by atoms with van der Waals surface area (Å²) in [5.74, 6) is -1.17. The molecular formula is C29H42N4O5. The van der Waals surface area contributed by atoms with Gasteiger partial charge in [-0.25, -0.2) is 0 Å². The monoisotopic (exact) mass is 526 g/mol. The SMILES string of the molecule is CCCN1CCN(c2ccc(C(N)=O)c([C@@H](C(=O)N3C[C@@H](OC)[C@H]4OCC(=O)[C@H]43)C3CCCCC3)c2)CC1. The van der Waals surface area contributed by atoms with Crippen LogP contribution in [-0.2, 0) is 19.1 Å². The first-order valence-electron chi connectivity index (χ1n) is 14.3. The molecule has 9 heteroatoms. The molecule has 1 saturated carbocycles. The fraction of sp³-hybridized carbons (Fsp3) is 0.690. The number of nitrogens with two attached hydrogens (primary N) is 1. The first kappa shape index (κ1) is 27.1. The zero-order valence-electron chi connectivity index (χ0n) is 22.8. The summed E-state index contributed by atoms with van der Waals surface area (Å²) in [5, 5.41) is 0. The summed E-state index contributed by atoms with van der Waals surface area (Å²) in [4.78, 5) is 46.4. The Morgan fingerprint density at radius 2 is 1.87 bits per heavy atom. The van der Waals surface area contributed by atoms with Crippen LogP contribution in [0.4, 0.5) is 5.69 Å². The third-order valence-corrected chi connectivity index (χ3v) is 9.02. The summed E-state index contributed by atoms with van der Waals surface area (Å²) in [6, 6.07) is 5.15. The maximum absolute atomic E-state index is 14.5. The van der Waals surface area contributed by atoms with E-state index in [-0.39, 0.29) is 30.3 Å². The highest BCUT2D eigenvalue weighted by Gasteiger charge is 2.54. The minimum Gasteiger partial charge on any atom is -0.377 e.